The highest BCUT2D eigenvalue weighted by Crippen LogP contribution is 2.34. The number of nitrogens with zero attached hydrogens (tertiary/aromatic N) is 3. The summed E-state index contributed by atoms with van der Waals surface area (Å²) >= 11 is 0. The Morgan fingerprint density at radius 2 is 1.26 bits per heavy atom. The zero-order chi connectivity index (χ0) is 30.4. The van der Waals surface area contributed by atoms with Crippen molar-refractivity contribution in [2.75, 3.05) is 19.8 Å². The second kappa shape index (κ2) is 13.8. The molecule has 3 atom stereocenters. The van der Waals surface area contributed by atoms with Crippen LogP contribution in [0.1, 0.15) is 35.6 Å². The number of aromatic hydroxyl groups is 1. The number of phenols is 1. The highest BCUT2D eigenvalue weighted by Gasteiger charge is 2.21. The van der Waals surface area contributed by atoms with E-state index in [0.29, 0.717) is 28.8 Å². The number of aromatic nitrogens is 3. The molecule has 1 aromatic heterocycles. The minimum atomic E-state index is -0.936. The Morgan fingerprint density at radius 3 is 1.74 bits per heavy atom. The summed E-state index contributed by atoms with van der Waals surface area (Å²) in [6, 6.07) is 17.0. The van der Waals surface area contributed by atoms with Crippen molar-refractivity contribution < 1.29 is 29.9 Å². The monoisotopic (exact) mass is 573 g/mol. The molecule has 0 saturated carbocycles. The van der Waals surface area contributed by atoms with E-state index in [1.54, 1.807) is 19.1 Å². The van der Waals surface area contributed by atoms with Gasteiger partial charge in [-0.15, -0.1) is 0 Å². The van der Waals surface area contributed by atoms with Gasteiger partial charge in [-0.2, -0.15) is 0 Å². The highest BCUT2D eigenvalue weighted by molar-refractivity contribution is 5.72. The average molecular weight is 574 g/mol. The minimum Gasteiger partial charge on any atom is -0.507 e. The average Bonchev–Trinajstić information content (AvgIpc) is 2.93. The molecule has 4 rings (SSSR count). The van der Waals surface area contributed by atoms with Gasteiger partial charge in [-0.25, -0.2) is 15.0 Å². The lowest BCUT2D eigenvalue weighted by atomic mass is 10.0. The number of hydrogen-bond acceptors (Lipinski definition) is 9. The van der Waals surface area contributed by atoms with Crippen molar-refractivity contribution in [2.24, 2.45) is 0 Å². The van der Waals surface area contributed by atoms with E-state index in [2.05, 4.69) is 12.1 Å². The Hall–Kier alpha value is -3.89. The van der Waals surface area contributed by atoms with Gasteiger partial charge in [0.05, 0.1) is 37.1 Å². The lowest BCUT2D eigenvalue weighted by Crippen LogP contribution is -2.33. The summed E-state index contributed by atoms with van der Waals surface area (Å²) in [5.74, 6) is 1.59. The summed E-state index contributed by atoms with van der Waals surface area (Å²) in [5.41, 5.74) is 6.50. The lowest BCUT2D eigenvalue weighted by molar-refractivity contribution is -0.0659. The molecule has 3 aromatic carbocycles. The Morgan fingerprint density at radius 1 is 0.738 bits per heavy atom. The molecule has 0 aliphatic carbocycles. The number of benzene rings is 3. The first-order valence-corrected chi connectivity index (χ1v) is 14.0. The first-order chi connectivity index (χ1) is 20.0. The van der Waals surface area contributed by atoms with Crippen LogP contribution in [0.5, 0.6) is 11.5 Å². The molecule has 0 aliphatic rings. The summed E-state index contributed by atoms with van der Waals surface area (Å²) in [7, 11) is 0. The van der Waals surface area contributed by atoms with Crippen molar-refractivity contribution in [1.29, 1.82) is 0 Å². The molecule has 0 spiro atoms. The molecule has 222 valence electrons. The van der Waals surface area contributed by atoms with Crippen LogP contribution in [0.3, 0.4) is 0 Å². The maximum absolute atomic E-state index is 11.0. The Bertz CT molecular complexity index is 1450. The minimum absolute atomic E-state index is 0.0615. The molecule has 1 heterocycles. The van der Waals surface area contributed by atoms with Crippen molar-refractivity contribution in [1.82, 2.24) is 15.0 Å². The van der Waals surface area contributed by atoms with Crippen LogP contribution in [-0.2, 0) is 4.74 Å². The molecule has 0 fully saturated rings. The summed E-state index contributed by atoms with van der Waals surface area (Å²) in [6.07, 6.45) is -2.28. The first kappa shape index (κ1) is 31.1. The molecular formula is C33H39N3O6. The molecule has 0 aliphatic heterocycles. The van der Waals surface area contributed by atoms with Gasteiger partial charge in [0.15, 0.2) is 17.5 Å². The van der Waals surface area contributed by atoms with Gasteiger partial charge in [0.2, 0.25) is 0 Å². The van der Waals surface area contributed by atoms with Gasteiger partial charge >= 0.3 is 0 Å². The molecule has 0 amide bonds. The van der Waals surface area contributed by atoms with Crippen LogP contribution in [0.4, 0.5) is 0 Å². The second-order valence-electron chi connectivity index (χ2n) is 10.7. The molecule has 0 saturated heterocycles. The molecule has 3 unspecified atom stereocenters. The van der Waals surface area contributed by atoms with Crippen LogP contribution in [0.2, 0.25) is 0 Å². The fourth-order valence-corrected chi connectivity index (χ4v) is 4.79. The zero-order valence-corrected chi connectivity index (χ0v) is 24.7. The summed E-state index contributed by atoms with van der Waals surface area (Å²) in [6.45, 7) is 9.47. The third kappa shape index (κ3) is 7.68. The van der Waals surface area contributed by atoms with Gasteiger partial charge in [0.1, 0.15) is 18.1 Å². The number of aliphatic hydroxyl groups is 3. The van der Waals surface area contributed by atoms with Crippen molar-refractivity contribution in [2.45, 2.75) is 59.4 Å². The highest BCUT2D eigenvalue weighted by atomic mass is 16.5. The van der Waals surface area contributed by atoms with E-state index in [9.17, 15) is 15.3 Å². The Labute approximate surface area is 246 Å². The van der Waals surface area contributed by atoms with Crippen molar-refractivity contribution in [3.63, 3.8) is 0 Å². The van der Waals surface area contributed by atoms with Crippen LogP contribution in [-0.4, -0.2) is 73.5 Å². The van der Waals surface area contributed by atoms with E-state index in [1.165, 1.54) is 6.07 Å². The SMILES string of the molecule is Cc1ccc(-c2nc(-c3ccc(C)cc3C)nc(-c3ccc(OCC(O)CC(OCCO)C(C)O)cc3O)n2)c(C)c1. The van der Waals surface area contributed by atoms with E-state index >= 15 is 0 Å². The maximum Gasteiger partial charge on any atom is 0.167 e. The van der Waals surface area contributed by atoms with Gasteiger partial charge in [0, 0.05) is 23.6 Å². The maximum atomic E-state index is 11.0. The van der Waals surface area contributed by atoms with E-state index < -0.39 is 18.3 Å². The van der Waals surface area contributed by atoms with Crippen molar-refractivity contribution >= 4 is 0 Å². The van der Waals surface area contributed by atoms with Crippen LogP contribution >= 0.6 is 0 Å². The number of aryl methyl sites for hydroxylation is 4. The van der Waals surface area contributed by atoms with Crippen LogP contribution in [0, 0.1) is 27.7 Å². The summed E-state index contributed by atoms with van der Waals surface area (Å²) in [4.78, 5) is 14.3. The quantitative estimate of drug-likeness (QED) is 0.190. The smallest absolute Gasteiger partial charge is 0.167 e. The molecule has 9 heteroatoms. The van der Waals surface area contributed by atoms with E-state index in [0.717, 1.165) is 33.4 Å². The van der Waals surface area contributed by atoms with E-state index in [4.69, 9.17) is 29.5 Å². The molecule has 4 aromatic rings. The van der Waals surface area contributed by atoms with Crippen LogP contribution < -0.4 is 4.74 Å². The van der Waals surface area contributed by atoms with Crippen molar-refractivity contribution in [3.05, 3.63) is 76.9 Å². The van der Waals surface area contributed by atoms with Gasteiger partial charge in [-0.05, 0) is 57.9 Å². The molecule has 9 nitrogen and oxygen atoms in total. The predicted octanol–water partition coefficient (Wildman–Crippen LogP) is 4.70. The van der Waals surface area contributed by atoms with Gasteiger partial charge in [-0.3, -0.25) is 0 Å². The third-order valence-corrected chi connectivity index (χ3v) is 7.00. The van der Waals surface area contributed by atoms with Gasteiger partial charge in [-0.1, -0.05) is 47.5 Å². The molecule has 4 N–H and O–H groups in total. The van der Waals surface area contributed by atoms with Gasteiger partial charge < -0.3 is 29.9 Å². The Kier molecular flexibility index (Phi) is 10.2. The van der Waals surface area contributed by atoms with Gasteiger partial charge in [0.25, 0.3) is 0 Å². The van der Waals surface area contributed by atoms with Crippen LogP contribution in [0.25, 0.3) is 34.2 Å². The Balaban J connectivity index is 1.63. The van der Waals surface area contributed by atoms with E-state index in [1.807, 2.05) is 52.0 Å². The van der Waals surface area contributed by atoms with E-state index in [-0.39, 0.29) is 32.0 Å². The molecular weight excluding hydrogens is 534 g/mol. The first-order valence-electron chi connectivity index (χ1n) is 14.0. The standard InChI is InChI=1S/C33H39N3O6/c1-19-6-9-26(21(3)14-19)31-34-32(27-10-7-20(2)15-22(27)4)36-33(35-31)28-11-8-25(17-29(28)40)42-18-24(39)16-30(23(5)38)41-13-12-37/h6-11,14-15,17,23-24,30,37-40H,12-13,16,18H2,1-5H3. The second-order valence-corrected chi connectivity index (χ2v) is 10.7. The summed E-state index contributed by atoms with van der Waals surface area (Å²) in [5, 5.41) is 40.3. The molecule has 0 bridgehead atoms. The molecule has 0 radical (unpaired) electrons. The largest absolute Gasteiger partial charge is 0.507 e. The third-order valence-electron chi connectivity index (χ3n) is 7.00. The topological polar surface area (TPSA) is 138 Å². The zero-order valence-electron chi connectivity index (χ0n) is 24.7. The number of ether oxygens (including phenoxy) is 2. The number of rotatable bonds is 12. The van der Waals surface area contributed by atoms with Crippen molar-refractivity contribution in [3.8, 4) is 45.7 Å². The fourth-order valence-electron chi connectivity index (χ4n) is 4.79. The number of hydrogen-bond donors (Lipinski definition) is 4. The van der Waals surface area contributed by atoms with Crippen LogP contribution in [0.15, 0.2) is 54.6 Å². The number of aliphatic hydroxyl groups excluding tert-OH is 3. The predicted molar refractivity (Wildman–Crippen MR) is 161 cm³/mol. The number of phenolic OH excluding ortho intramolecular Hbond substituents is 1. The lowest BCUT2D eigenvalue weighted by Gasteiger charge is -2.23. The molecule has 42 heavy (non-hydrogen) atoms. The summed E-state index contributed by atoms with van der Waals surface area (Å²) < 4.78 is 11.1. The fraction of sp³-hybridized carbons (Fsp3) is 0.364. The normalized spacial score (nSPS) is 13.5.